The highest BCUT2D eigenvalue weighted by molar-refractivity contribution is 8.76. The van der Waals surface area contributed by atoms with E-state index < -0.39 is 121 Å². The molecule has 41 nitrogen and oxygen atoms in total. The van der Waals surface area contributed by atoms with E-state index in [1.165, 1.54) is 21.6 Å². The molecule has 0 spiro atoms. The molecule has 50 heteroatoms. The van der Waals surface area contributed by atoms with E-state index in [0.717, 1.165) is 80.3 Å². The van der Waals surface area contributed by atoms with Crippen molar-refractivity contribution in [2.24, 2.45) is 10.2 Å². The van der Waals surface area contributed by atoms with Crippen LogP contribution in [0.4, 0.5) is 28.7 Å². The van der Waals surface area contributed by atoms with Crippen molar-refractivity contribution in [3.05, 3.63) is 46.0 Å². The molecule has 10 atom stereocenters. The van der Waals surface area contributed by atoms with Gasteiger partial charge < -0.3 is 102 Å². The minimum atomic E-state index is -6.01. The Hall–Kier alpha value is -6.33. The number of alkyl halides is 3. The first-order valence-electron chi connectivity index (χ1n) is 33.2. The first-order chi connectivity index (χ1) is 50.3. The molecule has 4 fully saturated rings. The number of rotatable bonds is 45. The fourth-order valence-electron chi connectivity index (χ4n) is 11.2. The number of nitrogens with zero attached hydrogens (tertiary/aromatic N) is 7. The number of carbonyl (C=O) groups excluding carboxylic acids is 7. The molecule has 4 saturated heterocycles. The highest BCUT2D eigenvalue weighted by Gasteiger charge is 2.65. The first kappa shape index (κ1) is 85.3. The number of halogens is 3. The van der Waals surface area contributed by atoms with Gasteiger partial charge in [0.15, 0.2) is 23.5 Å². The number of alkyl carbamates (subject to hydrolysis) is 1. The second-order valence-corrected chi connectivity index (χ2v) is 32.8. The van der Waals surface area contributed by atoms with E-state index >= 15 is 0 Å². The van der Waals surface area contributed by atoms with Crippen molar-refractivity contribution in [1.82, 2.24) is 71.9 Å². The molecule has 1 aromatic carbocycles. The summed E-state index contributed by atoms with van der Waals surface area (Å²) in [4.78, 5) is 154. The number of aromatic amines is 1. The number of imidazole rings is 1. The van der Waals surface area contributed by atoms with Crippen LogP contribution in [-0.4, -0.2) is 273 Å². The van der Waals surface area contributed by atoms with Crippen LogP contribution in [0, 0.1) is 0 Å². The number of phosphoric acid groups is 3. The summed E-state index contributed by atoms with van der Waals surface area (Å²) in [5, 5.41) is 40.2. The molecule has 0 radical (unpaired) electrons. The predicted molar refractivity (Wildman–Crippen MR) is 371 cm³/mol. The van der Waals surface area contributed by atoms with Crippen molar-refractivity contribution in [3.63, 3.8) is 0 Å². The number of aromatic nitrogens is 4. The molecule has 8 rings (SSSR count). The van der Waals surface area contributed by atoms with E-state index in [2.05, 4.69) is 90.7 Å². The van der Waals surface area contributed by atoms with Crippen LogP contribution in [0.1, 0.15) is 73.5 Å². The minimum Gasteiger partial charge on any atom is -0.490 e. The molecule has 106 heavy (non-hydrogen) atoms. The van der Waals surface area contributed by atoms with Crippen LogP contribution in [0.5, 0.6) is 5.75 Å². The highest BCUT2D eigenvalue weighted by Crippen LogP contribution is 2.66. The van der Waals surface area contributed by atoms with E-state index in [1.807, 2.05) is 18.8 Å². The summed E-state index contributed by atoms with van der Waals surface area (Å²) in [7, 11) is -12.6. The lowest BCUT2D eigenvalue weighted by Gasteiger charge is -2.31. The molecule has 5 aliphatic rings. The number of H-pyrrole nitrogens is 1. The normalized spacial score (nSPS) is 22.1. The number of anilines is 1. The van der Waals surface area contributed by atoms with E-state index in [4.69, 9.17) is 39.2 Å². The van der Waals surface area contributed by atoms with Gasteiger partial charge >= 0.3 is 47.4 Å². The van der Waals surface area contributed by atoms with E-state index in [-0.39, 0.29) is 117 Å². The van der Waals surface area contributed by atoms with Crippen molar-refractivity contribution in [2.75, 3.05) is 135 Å². The quantitative estimate of drug-likeness (QED) is 0.0155. The molecule has 16 N–H and O–H groups in total. The van der Waals surface area contributed by atoms with Gasteiger partial charge in [-0.3, -0.25) is 47.7 Å². The number of aliphatic hydroxyl groups excluding tert-OH is 1. The number of thioether (sulfide) groups is 1. The van der Waals surface area contributed by atoms with Crippen LogP contribution in [-0.2, 0) is 70.6 Å². The van der Waals surface area contributed by atoms with Crippen LogP contribution < -0.4 is 58.6 Å². The third-order valence-electron chi connectivity index (χ3n) is 16.4. The second kappa shape index (κ2) is 39.9. The molecule has 5 aliphatic heterocycles. The van der Waals surface area contributed by atoms with Gasteiger partial charge in [-0.25, -0.2) is 28.3 Å². The molecule has 592 valence electrons. The number of urea groups is 1. The van der Waals surface area contributed by atoms with Crippen LogP contribution in [0.3, 0.4) is 0 Å². The summed E-state index contributed by atoms with van der Waals surface area (Å²) in [5.41, 5.74) is 0.545. The lowest BCUT2D eigenvalue weighted by Crippen LogP contribution is -2.48. The number of phosphoric ester groups is 1. The van der Waals surface area contributed by atoms with E-state index in [0.29, 0.717) is 49.1 Å². The standard InChI is InChI=1S/C56H85F3N17O24P3S3/c1-74-17-19-75(20-18-74)29-42(79)61-12-5-4-6-35(67-41(78)11-26-105-106-27-16-62-40(77)8-3-2-7-39-43-36(31-104-39)68-53(84)69-43)49(82)64-15-21-93-22-23-94-24-25-95-37-28-33(55(72-73-55)56(57,58)59)9-10-34(37)48(81)63-13-14-65-54(85)98-46-38(30-96-102(89,90)100-103(91,92)99-101(86,87)88)97-51(45(46)80)76-32-66-44-47(76)70-52(60)71-50(44)83/h9-10,28,32,35-36,38-39,43,45-46,51,80H,2-8,11-27,29-31H2,1H3,(H,61,79)(H,62,77)(H,63,81)(H,64,82)(H,65,85)(H,67,78)(H,89,90)(H,91,92)(H2,68,69,84)(H2,86,87,88)(H3,60,70,71,83)/t35?,36?,38-,39?,43?,45-,46-,51-/m0/s1. The van der Waals surface area contributed by atoms with Gasteiger partial charge in [0.1, 0.15) is 30.6 Å². The molecular formula is C56H85F3N17O24P3S3. The van der Waals surface area contributed by atoms with Crippen molar-refractivity contribution in [3.8, 4) is 5.75 Å². The molecule has 3 aromatic rings. The smallest absolute Gasteiger partial charge is 0.490 e. The number of hydrogen-bond donors (Lipinski definition) is 15. The maximum Gasteiger partial charge on any atom is 0.490 e. The number of ether oxygens (including phenoxy) is 5. The average molecular weight is 1630 g/mol. The Labute approximate surface area is 614 Å². The van der Waals surface area contributed by atoms with E-state index in [9.17, 15) is 80.1 Å². The average Bonchev–Trinajstić information content (AvgIpc) is 1.58. The zero-order chi connectivity index (χ0) is 76.8. The lowest BCUT2D eigenvalue weighted by atomic mass is 10.00. The van der Waals surface area contributed by atoms with Gasteiger partial charge in [-0.05, 0) is 51.3 Å². The topological polar surface area (TPSA) is 563 Å². The van der Waals surface area contributed by atoms with Crippen LogP contribution >= 0.6 is 56.8 Å². The highest BCUT2D eigenvalue weighted by atomic mass is 33.1. The van der Waals surface area contributed by atoms with Crippen LogP contribution in [0.2, 0.25) is 0 Å². The summed E-state index contributed by atoms with van der Waals surface area (Å²) in [6, 6.07) is 2.16. The second-order valence-electron chi connectivity index (χ2n) is 24.4. The molecule has 0 aliphatic carbocycles. The fraction of sp³-hybridized carbons (Fsp3) is 0.679. The molecule has 8 amide bonds. The van der Waals surface area contributed by atoms with Gasteiger partial charge in [-0.1, -0.05) is 34.1 Å². The Morgan fingerprint density at radius 3 is 2.27 bits per heavy atom. The largest absolute Gasteiger partial charge is 0.490 e. The monoisotopic (exact) mass is 1630 g/mol. The maximum absolute atomic E-state index is 14.1. The third kappa shape index (κ3) is 26.5. The molecule has 6 unspecified atom stereocenters. The summed E-state index contributed by atoms with van der Waals surface area (Å²) < 4.78 is 119. The number of nitrogens with one attached hydrogen (secondary N) is 9. The van der Waals surface area contributed by atoms with Gasteiger partial charge in [0.25, 0.3) is 11.5 Å². The number of carbonyl (C=O) groups is 7. The van der Waals surface area contributed by atoms with Crippen LogP contribution in [0.15, 0.2) is 39.5 Å². The number of piperazine rings is 1. The molecule has 2 aromatic heterocycles. The van der Waals surface area contributed by atoms with Gasteiger partial charge in [0.2, 0.25) is 29.6 Å². The predicted octanol–water partition coefficient (Wildman–Crippen LogP) is 0.170. The zero-order valence-electron chi connectivity index (χ0n) is 56.9. The number of benzene rings is 1. The first-order valence-corrected chi connectivity index (χ1v) is 41.3. The number of fused-ring (bicyclic) bond motifs is 2. The van der Waals surface area contributed by atoms with Gasteiger partial charge in [-0.2, -0.15) is 38.5 Å². The van der Waals surface area contributed by atoms with Gasteiger partial charge in [0.05, 0.1) is 63.6 Å². The Balaban J connectivity index is 0.749. The van der Waals surface area contributed by atoms with Gasteiger partial charge in [0, 0.05) is 99.8 Å². The van der Waals surface area contributed by atoms with Gasteiger partial charge in [-0.15, -0.1) is 10.2 Å². The number of likely N-dealkylation sites (N-methyl/N-ethyl adjacent to an activating group) is 1. The number of hydrogen-bond acceptors (Lipinski definition) is 30. The number of nitrogens with two attached hydrogens (primary N) is 1. The molecule has 0 saturated carbocycles. The SMILES string of the molecule is CN1CCN(CC(=O)NCCCCC(NC(=O)CCSSCCNC(=O)CCCCC2SCC3NC(=O)NC32)C(=O)NCCOCCOCCOc2cc(C3(C(F)(F)F)N=N3)ccc2C(=O)NCCNC(=O)O[C@@H]2[C@H](O)[C@@H](n3cnc4c(=O)[nH]c(N)nc43)O[C@H]2COP(=O)(O)OP(=O)(O)OP(=O)(O)O)CC1. The summed E-state index contributed by atoms with van der Waals surface area (Å²) in [6.45, 7) is 1.85. The zero-order valence-corrected chi connectivity index (χ0v) is 62.1. The number of nitrogen functional groups attached to an aromatic ring is 1. The summed E-state index contributed by atoms with van der Waals surface area (Å²) >= 11 is 1.84. The van der Waals surface area contributed by atoms with Crippen molar-refractivity contribution in [2.45, 2.75) is 111 Å². The maximum atomic E-state index is 14.1. The molecule has 0 bridgehead atoms. The Kier molecular flexibility index (Phi) is 32.1. The molecular weight excluding hydrogens is 1540 g/mol. The number of aliphatic hydroxyl groups is 1. The van der Waals surface area contributed by atoms with Crippen molar-refractivity contribution < 1.29 is 122 Å². The minimum absolute atomic E-state index is 0.00797. The Morgan fingerprint density at radius 2 is 1.54 bits per heavy atom. The Bertz CT molecular complexity index is 3770. The van der Waals surface area contributed by atoms with Crippen molar-refractivity contribution in [1.29, 1.82) is 0 Å². The fourth-order valence-corrected chi connectivity index (χ4v) is 17.6. The lowest BCUT2D eigenvalue weighted by molar-refractivity contribution is -0.166. The number of unbranched alkanes of at least 4 members (excludes halogenated alkanes) is 2. The van der Waals surface area contributed by atoms with E-state index in [1.54, 1.807) is 0 Å². The molecule has 7 heterocycles. The van der Waals surface area contributed by atoms with Crippen LogP contribution in [0.25, 0.3) is 11.2 Å². The third-order valence-corrected chi connectivity index (χ3v) is 24.2. The van der Waals surface area contributed by atoms with Crippen molar-refractivity contribution >= 4 is 116 Å². The summed E-state index contributed by atoms with van der Waals surface area (Å²) in [6.07, 6.45) is -8.44. The summed E-state index contributed by atoms with van der Waals surface area (Å²) in [5.74, 6) is -0.689. The Morgan fingerprint density at radius 1 is 0.821 bits per heavy atom. The number of amides is 8.